The second-order valence-electron chi connectivity index (χ2n) is 7.09. The van der Waals surface area contributed by atoms with E-state index in [4.69, 9.17) is 26.8 Å². The number of amides is 3. The molecule has 0 aliphatic heterocycles. The van der Waals surface area contributed by atoms with E-state index in [1.54, 1.807) is 24.3 Å². The number of nitrogens with two attached hydrogens (primary N) is 1. The molecule has 34 heavy (non-hydrogen) atoms. The normalized spacial score (nSPS) is 10.3. The van der Waals surface area contributed by atoms with E-state index in [0.717, 1.165) is 6.07 Å². The maximum absolute atomic E-state index is 13.3. The first-order valence-corrected chi connectivity index (χ1v) is 10.4. The van der Waals surface area contributed by atoms with Gasteiger partial charge in [-0.05, 0) is 48.0 Å². The second-order valence-corrected chi connectivity index (χ2v) is 7.50. The third-order valence-electron chi connectivity index (χ3n) is 4.58. The van der Waals surface area contributed by atoms with Gasteiger partial charge in [-0.25, -0.2) is 4.39 Å². The van der Waals surface area contributed by atoms with E-state index in [9.17, 15) is 18.8 Å². The molecule has 0 saturated heterocycles. The highest BCUT2D eigenvalue weighted by Crippen LogP contribution is 2.36. The number of primary amides is 1. The quantitative estimate of drug-likeness (QED) is 0.428. The van der Waals surface area contributed by atoms with E-state index >= 15 is 0 Å². The fourth-order valence-electron chi connectivity index (χ4n) is 3.01. The van der Waals surface area contributed by atoms with Gasteiger partial charge >= 0.3 is 0 Å². The van der Waals surface area contributed by atoms with Gasteiger partial charge in [0, 0.05) is 23.4 Å². The zero-order valence-corrected chi connectivity index (χ0v) is 18.8. The fourth-order valence-corrected chi connectivity index (χ4v) is 3.28. The Kier molecular flexibility index (Phi) is 8.05. The maximum atomic E-state index is 13.3. The standard InChI is InChI=1S/C24H21ClFN3O5/c1-33-20-11-16(10-19(25)22(20)34-13-21(27)30)23(31)28-12-14-4-2-7-18(8-14)29-24(32)15-5-3-6-17(26)9-15/h2-11H,12-13H2,1H3,(H2,27,30)(H,28,31)(H,29,32). The first-order chi connectivity index (χ1) is 16.3. The van der Waals surface area contributed by atoms with Crippen LogP contribution in [0.1, 0.15) is 26.3 Å². The van der Waals surface area contributed by atoms with Crippen LogP contribution in [0, 0.1) is 5.82 Å². The number of methoxy groups -OCH3 is 1. The number of hydrogen-bond acceptors (Lipinski definition) is 5. The highest BCUT2D eigenvalue weighted by Gasteiger charge is 2.17. The van der Waals surface area contributed by atoms with Crippen LogP contribution in [-0.2, 0) is 11.3 Å². The second kappa shape index (κ2) is 11.2. The van der Waals surface area contributed by atoms with E-state index in [-0.39, 0.29) is 34.2 Å². The van der Waals surface area contributed by atoms with Crippen molar-refractivity contribution >= 4 is 35.0 Å². The molecule has 0 aliphatic carbocycles. The third-order valence-corrected chi connectivity index (χ3v) is 4.86. The van der Waals surface area contributed by atoms with Crippen LogP contribution in [0.2, 0.25) is 5.02 Å². The summed E-state index contributed by atoms with van der Waals surface area (Å²) < 4.78 is 23.8. The largest absolute Gasteiger partial charge is 0.493 e. The summed E-state index contributed by atoms with van der Waals surface area (Å²) in [5, 5.41) is 5.52. The predicted molar refractivity (Wildman–Crippen MR) is 125 cm³/mol. The van der Waals surface area contributed by atoms with Gasteiger partial charge in [0.2, 0.25) is 0 Å². The lowest BCUT2D eigenvalue weighted by Crippen LogP contribution is -2.23. The summed E-state index contributed by atoms with van der Waals surface area (Å²) >= 11 is 6.19. The first kappa shape index (κ1) is 24.5. The van der Waals surface area contributed by atoms with Crippen LogP contribution in [0.25, 0.3) is 0 Å². The molecule has 10 heteroatoms. The van der Waals surface area contributed by atoms with Gasteiger partial charge in [0.05, 0.1) is 12.1 Å². The Morgan fingerprint density at radius 3 is 2.47 bits per heavy atom. The van der Waals surface area contributed by atoms with E-state index in [0.29, 0.717) is 11.3 Å². The van der Waals surface area contributed by atoms with Crippen LogP contribution in [-0.4, -0.2) is 31.4 Å². The van der Waals surface area contributed by atoms with Crippen molar-refractivity contribution in [3.05, 3.63) is 88.2 Å². The Bertz CT molecular complexity index is 1230. The Morgan fingerprint density at radius 2 is 1.76 bits per heavy atom. The van der Waals surface area contributed by atoms with E-state index < -0.39 is 30.1 Å². The summed E-state index contributed by atoms with van der Waals surface area (Å²) in [4.78, 5) is 35.9. The molecule has 0 saturated carbocycles. The molecule has 3 rings (SSSR count). The minimum atomic E-state index is -0.686. The first-order valence-electron chi connectivity index (χ1n) is 9.99. The molecule has 0 radical (unpaired) electrons. The van der Waals surface area contributed by atoms with Gasteiger partial charge in [-0.15, -0.1) is 0 Å². The number of carbonyl (C=O) groups is 3. The Morgan fingerprint density at radius 1 is 1.00 bits per heavy atom. The molecule has 0 aromatic heterocycles. The summed E-state index contributed by atoms with van der Waals surface area (Å²) in [6.07, 6.45) is 0. The van der Waals surface area contributed by atoms with Gasteiger partial charge in [-0.1, -0.05) is 29.8 Å². The van der Waals surface area contributed by atoms with E-state index in [1.165, 1.54) is 37.4 Å². The van der Waals surface area contributed by atoms with E-state index in [1.807, 2.05) is 0 Å². The topological polar surface area (TPSA) is 120 Å². The number of ether oxygens (including phenoxy) is 2. The Hall–Kier alpha value is -4.11. The van der Waals surface area contributed by atoms with E-state index in [2.05, 4.69) is 10.6 Å². The number of anilines is 1. The summed E-state index contributed by atoms with van der Waals surface area (Å²) in [6, 6.07) is 15.0. The molecule has 0 unspecified atom stereocenters. The smallest absolute Gasteiger partial charge is 0.255 e. The molecule has 3 aromatic rings. The van der Waals surface area contributed by atoms with Crippen LogP contribution in [0.3, 0.4) is 0 Å². The summed E-state index contributed by atoms with van der Waals surface area (Å²) in [5.41, 5.74) is 6.68. The van der Waals surface area contributed by atoms with Gasteiger partial charge in [-0.3, -0.25) is 14.4 Å². The van der Waals surface area contributed by atoms with Crippen molar-refractivity contribution in [1.29, 1.82) is 0 Å². The van der Waals surface area contributed by atoms with Gasteiger partial charge in [0.1, 0.15) is 5.82 Å². The molecule has 0 spiro atoms. The van der Waals surface area contributed by atoms with Gasteiger partial charge in [-0.2, -0.15) is 0 Å². The van der Waals surface area contributed by atoms with Crippen molar-refractivity contribution in [2.45, 2.75) is 6.54 Å². The van der Waals surface area contributed by atoms with Gasteiger partial charge in [0.15, 0.2) is 18.1 Å². The average Bonchev–Trinajstić information content (AvgIpc) is 2.81. The molecule has 3 aromatic carbocycles. The number of rotatable bonds is 9. The molecule has 4 N–H and O–H groups in total. The molecule has 176 valence electrons. The van der Waals surface area contributed by atoms with Crippen molar-refractivity contribution in [3.8, 4) is 11.5 Å². The Labute approximate surface area is 199 Å². The summed E-state index contributed by atoms with van der Waals surface area (Å²) in [7, 11) is 1.37. The average molecular weight is 486 g/mol. The summed E-state index contributed by atoms with van der Waals surface area (Å²) in [6.45, 7) is -0.240. The minimum absolute atomic E-state index is 0.0767. The molecule has 0 aliphatic rings. The van der Waals surface area contributed by atoms with Crippen LogP contribution < -0.4 is 25.8 Å². The lowest BCUT2D eigenvalue weighted by molar-refractivity contribution is -0.119. The van der Waals surface area contributed by atoms with Crippen molar-refractivity contribution in [3.63, 3.8) is 0 Å². The highest BCUT2D eigenvalue weighted by atomic mass is 35.5. The molecular weight excluding hydrogens is 465 g/mol. The summed E-state index contributed by atoms with van der Waals surface area (Å²) in [5.74, 6) is -1.82. The number of benzene rings is 3. The highest BCUT2D eigenvalue weighted by molar-refractivity contribution is 6.32. The van der Waals surface area contributed by atoms with Crippen LogP contribution in [0.5, 0.6) is 11.5 Å². The monoisotopic (exact) mass is 485 g/mol. The minimum Gasteiger partial charge on any atom is -0.493 e. The zero-order chi connectivity index (χ0) is 24.7. The van der Waals surface area contributed by atoms with Crippen LogP contribution >= 0.6 is 11.6 Å². The number of hydrogen-bond donors (Lipinski definition) is 3. The molecule has 8 nitrogen and oxygen atoms in total. The Balaban J connectivity index is 1.66. The molecule has 0 heterocycles. The lowest BCUT2D eigenvalue weighted by atomic mass is 10.1. The zero-order valence-electron chi connectivity index (χ0n) is 18.1. The maximum Gasteiger partial charge on any atom is 0.255 e. The number of carbonyl (C=O) groups excluding carboxylic acids is 3. The molecule has 0 atom stereocenters. The van der Waals surface area contributed by atoms with Crippen LogP contribution in [0.4, 0.5) is 10.1 Å². The van der Waals surface area contributed by atoms with Gasteiger partial charge in [0.25, 0.3) is 17.7 Å². The van der Waals surface area contributed by atoms with Gasteiger partial charge < -0.3 is 25.8 Å². The third kappa shape index (κ3) is 6.46. The van der Waals surface area contributed by atoms with Crippen molar-refractivity contribution in [1.82, 2.24) is 5.32 Å². The molecular formula is C24H21ClFN3O5. The van der Waals surface area contributed by atoms with Crippen molar-refractivity contribution in [2.75, 3.05) is 19.0 Å². The predicted octanol–water partition coefficient (Wildman–Crippen LogP) is 3.53. The molecule has 0 fully saturated rings. The molecule has 0 bridgehead atoms. The lowest BCUT2D eigenvalue weighted by Gasteiger charge is -2.13. The molecule has 3 amide bonds. The number of nitrogens with one attached hydrogen (secondary N) is 2. The van der Waals surface area contributed by atoms with Crippen LogP contribution in [0.15, 0.2) is 60.7 Å². The van der Waals surface area contributed by atoms with Crippen molar-refractivity contribution < 1.29 is 28.2 Å². The number of halogens is 2. The van der Waals surface area contributed by atoms with Crippen molar-refractivity contribution in [2.24, 2.45) is 5.73 Å². The fraction of sp³-hybridized carbons (Fsp3) is 0.125. The SMILES string of the molecule is COc1cc(C(=O)NCc2cccc(NC(=O)c3cccc(F)c3)c2)cc(Cl)c1OCC(N)=O.